The Kier molecular flexibility index (Phi) is 5.35. The summed E-state index contributed by atoms with van der Waals surface area (Å²) in [4.78, 5) is 22.1. The van der Waals surface area contributed by atoms with Crippen LogP contribution < -0.4 is 10.1 Å². The number of para-hydroxylation sites is 3. The van der Waals surface area contributed by atoms with E-state index in [2.05, 4.69) is 15.4 Å². The lowest BCUT2D eigenvalue weighted by atomic mass is 10.2. The van der Waals surface area contributed by atoms with Crippen LogP contribution in [0.5, 0.6) is 5.75 Å². The number of nitrogens with zero attached hydrogens (tertiary/aromatic N) is 4. The first-order chi connectivity index (χ1) is 14.1. The molecule has 7 nitrogen and oxygen atoms in total. The number of aromatic nitrogens is 4. The van der Waals surface area contributed by atoms with Crippen LogP contribution in [0, 0.1) is 6.92 Å². The van der Waals surface area contributed by atoms with Crippen molar-refractivity contribution in [1.82, 2.24) is 19.6 Å². The molecule has 29 heavy (non-hydrogen) atoms. The fraction of sp³-hybridized carbons (Fsp3) is 0.238. The molecule has 0 spiro atoms. The van der Waals surface area contributed by atoms with Crippen LogP contribution in [0.4, 0.5) is 5.69 Å². The lowest BCUT2D eigenvalue weighted by molar-refractivity contribution is -0.115. The van der Waals surface area contributed by atoms with E-state index in [4.69, 9.17) is 9.72 Å². The van der Waals surface area contributed by atoms with Crippen LogP contribution in [-0.2, 0) is 4.79 Å². The lowest BCUT2D eigenvalue weighted by Crippen LogP contribution is -2.23. The monoisotopic (exact) mass is 407 g/mol. The smallest absolute Gasteiger partial charge is 0.237 e. The highest BCUT2D eigenvalue weighted by atomic mass is 32.2. The van der Waals surface area contributed by atoms with Gasteiger partial charge in [-0.25, -0.2) is 9.97 Å². The summed E-state index contributed by atoms with van der Waals surface area (Å²) >= 11 is 1.34. The third-order valence-electron chi connectivity index (χ3n) is 4.35. The van der Waals surface area contributed by atoms with Crippen molar-refractivity contribution in [1.29, 1.82) is 0 Å². The van der Waals surface area contributed by atoms with E-state index in [9.17, 15) is 4.79 Å². The van der Waals surface area contributed by atoms with Gasteiger partial charge in [0.25, 0.3) is 0 Å². The standard InChI is InChI=1S/C21H21N5O2S/c1-4-28-18-12-8-7-11-17(18)23-20(27)13(2)29-21-24-16-10-6-5-9-15(16)19-22-14(3)25-26(19)21/h5-13H,4H2,1-3H3,(H,23,27). The van der Waals surface area contributed by atoms with Gasteiger partial charge in [-0.3, -0.25) is 4.79 Å². The van der Waals surface area contributed by atoms with Gasteiger partial charge in [0, 0.05) is 5.39 Å². The molecule has 1 atom stereocenters. The third kappa shape index (κ3) is 3.88. The fourth-order valence-electron chi connectivity index (χ4n) is 3.01. The Balaban J connectivity index is 1.61. The molecule has 1 amide bonds. The average molecular weight is 407 g/mol. The molecule has 148 valence electrons. The van der Waals surface area contributed by atoms with Crippen molar-refractivity contribution in [2.45, 2.75) is 31.2 Å². The summed E-state index contributed by atoms with van der Waals surface area (Å²) in [5, 5.41) is 8.58. The van der Waals surface area contributed by atoms with E-state index >= 15 is 0 Å². The Bertz CT molecular complexity index is 1190. The number of anilines is 1. The lowest BCUT2D eigenvalue weighted by Gasteiger charge is -2.15. The minimum absolute atomic E-state index is 0.137. The molecule has 0 saturated carbocycles. The number of thioether (sulfide) groups is 1. The van der Waals surface area contributed by atoms with Gasteiger partial charge in [-0.05, 0) is 45.0 Å². The van der Waals surface area contributed by atoms with Gasteiger partial charge in [-0.15, -0.1) is 5.10 Å². The maximum atomic E-state index is 12.8. The number of fused-ring (bicyclic) bond motifs is 3. The Morgan fingerprint density at radius 3 is 2.76 bits per heavy atom. The molecule has 2 aromatic carbocycles. The van der Waals surface area contributed by atoms with Crippen LogP contribution in [0.3, 0.4) is 0 Å². The molecule has 1 unspecified atom stereocenters. The molecule has 2 aromatic heterocycles. The Morgan fingerprint density at radius 1 is 1.17 bits per heavy atom. The van der Waals surface area contributed by atoms with Gasteiger partial charge >= 0.3 is 0 Å². The molecular formula is C21H21N5O2S. The molecule has 8 heteroatoms. The van der Waals surface area contributed by atoms with Crippen molar-refractivity contribution in [3.63, 3.8) is 0 Å². The Morgan fingerprint density at radius 2 is 1.93 bits per heavy atom. The minimum Gasteiger partial charge on any atom is -0.492 e. The van der Waals surface area contributed by atoms with Gasteiger partial charge in [-0.2, -0.15) is 4.52 Å². The summed E-state index contributed by atoms with van der Waals surface area (Å²) in [6.07, 6.45) is 0. The Hall–Kier alpha value is -3.13. The van der Waals surface area contributed by atoms with Gasteiger partial charge in [0.1, 0.15) is 11.6 Å². The number of nitrogens with one attached hydrogen (secondary N) is 1. The van der Waals surface area contributed by atoms with Crippen LogP contribution in [-0.4, -0.2) is 37.3 Å². The number of hydrogen-bond acceptors (Lipinski definition) is 6. The quantitative estimate of drug-likeness (QED) is 0.383. The van der Waals surface area contributed by atoms with E-state index in [1.54, 1.807) is 4.52 Å². The molecule has 4 aromatic rings. The van der Waals surface area contributed by atoms with Crippen molar-refractivity contribution in [2.24, 2.45) is 0 Å². The van der Waals surface area contributed by atoms with E-state index in [-0.39, 0.29) is 5.91 Å². The zero-order valence-corrected chi connectivity index (χ0v) is 17.2. The van der Waals surface area contributed by atoms with Crippen molar-refractivity contribution in [3.05, 3.63) is 54.4 Å². The summed E-state index contributed by atoms with van der Waals surface area (Å²) in [6.45, 7) is 6.13. The highest BCUT2D eigenvalue weighted by molar-refractivity contribution is 8.00. The molecule has 0 bridgehead atoms. The van der Waals surface area contributed by atoms with Crippen molar-refractivity contribution >= 4 is 39.9 Å². The fourth-order valence-corrected chi connectivity index (χ4v) is 3.87. The molecule has 0 saturated heterocycles. The first kappa shape index (κ1) is 19.2. The van der Waals surface area contributed by atoms with E-state index in [0.717, 1.165) is 16.6 Å². The first-order valence-electron chi connectivity index (χ1n) is 9.38. The summed E-state index contributed by atoms with van der Waals surface area (Å²) in [5.41, 5.74) is 2.22. The number of benzene rings is 2. The SMILES string of the molecule is CCOc1ccccc1NC(=O)C(C)Sc1nc2ccccc2c2nc(C)nn12. The number of carbonyl (C=O) groups excluding carboxylic acids is 1. The van der Waals surface area contributed by atoms with Gasteiger partial charge in [0.15, 0.2) is 10.8 Å². The highest BCUT2D eigenvalue weighted by Crippen LogP contribution is 2.29. The molecule has 0 radical (unpaired) electrons. The second kappa shape index (κ2) is 8.08. The van der Waals surface area contributed by atoms with Crippen molar-refractivity contribution in [2.75, 3.05) is 11.9 Å². The number of carbonyl (C=O) groups is 1. The maximum Gasteiger partial charge on any atom is 0.237 e. The largest absolute Gasteiger partial charge is 0.492 e. The molecule has 2 heterocycles. The second-order valence-electron chi connectivity index (χ2n) is 6.48. The first-order valence-corrected chi connectivity index (χ1v) is 10.3. The van der Waals surface area contributed by atoms with Gasteiger partial charge in [-0.1, -0.05) is 36.0 Å². The maximum absolute atomic E-state index is 12.8. The second-order valence-corrected chi connectivity index (χ2v) is 7.79. The zero-order chi connectivity index (χ0) is 20.4. The number of aryl methyl sites for hydroxylation is 1. The van der Waals surface area contributed by atoms with Crippen LogP contribution in [0.25, 0.3) is 16.6 Å². The van der Waals surface area contributed by atoms with Gasteiger partial charge in [0.05, 0.1) is 23.1 Å². The highest BCUT2D eigenvalue weighted by Gasteiger charge is 2.20. The number of ether oxygens (including phenoxy) is 1. The zero-order valence-electron chi connectivity index (χ0n) is 16.4. The molecule has 0 aliphatic heterocycles. The molecular weight excluding hydrogens is 386 g/mol. The summed E-state index contributed by atoms with van der Waals surface area (Å²) in [5.74, 6) is 1.17. The molecule has 0 aliphatic rings. The summed E-state index contributed by atoms with van der Waals surface area (Å²) < 4.78 is 7.30. The van der Waals surface area contributed by atoms with Crippen LogP contribution in [0.15, 0.2) is 53.7 Å². The predicted octanol–water partition coefficient (Wildman–Crippen LogP) is 4.10. The van der Waals surface area contributed by atoms with Crippen LogP contribution >= 0.6 is 11.8 Å². The number of rotatable bonds is 6. The topological polar surface area (TPSA) is 81.4 Å². The van der Waals surface area contributed by atoms with Gasteiger partial charge < -0.3 is 10.1 Å². The van der Waals surface area contributed by atoms with Crippen molar-refractivity contribution in [3.8, 4) is 5.75 Å². The molecule has 4 rings (SSSR count). The predicted molar refractivity (Wildman–Crippen MR) is 115 cm³/mol. The number of amides is 1. The average Bonchev–Trinajstić information content (AvgIpc) is 3.12. The van der Waals surface area contributed by atoms with E-state index < -0.39 is 5.25 Å². The van der Waals surface area contributed by atoms with Crippen LogP contribution in [0.2, 0.25) is 0 Å². The normalized spacial score (nSPS) is 12.2. The van der Waals surface area contributed by atoms with Gasteiger partial charge in [0.2, 0.25) is 5.91 Å². The van der Waals surface area contributed by atoms with E-state index in [1.165, 1.54) is 11.8 Å². The molecule has 1 N–H and O–H groups in total. The molecule has 0 fully saturated rings. The summed E-state index contributed by atoms with van der Waals surface area (Å²) in [6, 6.07) is 15.2. The third-order valence-corrected chi connectivity index (χ3v) is 5.39. The van der Waals surface area contributed by atoms with Crippen LogP contribution in [0.1, 0.15) is 19.7 Å². The van der Waals surface area contributed by atoms with Crippen molar-refractivity contribution < 1.29 is 9.53 Å². The van der Waals surface area contributed by atoms with E-state index in [1.807, 2.05) is 69.3 Å². The summed E-state index contributed by atoms with van der Waals surface area (Å²) in [7, 11) is 0. The number of hydrogen-bond donors (Lipinski definition) is 1. The van der Waals surface area contributed by atoms with E-state index in [0.29, 0.717) is 29.0 Å². The molecule has 0 aliphatic carbocycles. The minimum atomic E-state index is -0.397. The Labute approximate surface area is 172 Å².